The summed E-state index contributed by atoms with van der Waals surface area (Å²) in [5, 5.41) is 15.6. The van der Waals surface area contributed by atoms with Crippen LogP contribution in [0.25, 0.3) is 5.69 Å². The van der Waals surface area contributed by atoms with Gasteiger partial charge in [-0.3, -0.25) is 4.99 Å². The maximum atomic E-state index is 4.63. The second-order valence-corrected chi connectivity index (χ2v) is 6.89. The molecular weight excluding hydrogens is 342 g/mol. The molecule has 5 nitrogen and oxygen atoms in total. The normalized spacial score (nSPS) is 11.5. The Kier molecular flexibility index (Phi) is 6.44. The molecule has 6 heteroatoms. The lowest BCUT2D eigenvalue weighted by molar-refractivity contribution is 0.740. The third kappa shape index (κ3) is 4.95. The Labute approximate surface area is 158 Å². The molecule has 136 valence electrons. The quantitative estimate of drug-likeness (QED) is 0.381. The molecule has 0 saturated heterocycles. The van der Waals surface area contributed by atoms with Crippen molar-refractivity contribution in [2.24, 2.45) is 4.99 Å². The summed E-state index contributed by atoms with van der Waals surface area (Å²) in [5.74, 6) is 0.841. The number of thiophene rings is 1. The van der Waals surface area contributed by atoms with E-state index in [0.29, 0.717) is 0 Å². The first-order valence-corrected chi connectivity index (χ1v) is 9.76. The highest BCUT2D eigenvalue weighted by Crippen LogP contribution is 2.13. The third-order valence-corrected chi connectivity index (χ3v) is 4.93. The number of nitrogens with one attached hydrogen (secondary N) is 2. The molecule has 3 rings (SSSR count). The molecule has 0 saturated carbocycles. The van der Waals surface area contributed by atoms with Gasteiger partial charge in [0.15, 0.2) is 5.96 Å². The Bertz CT molecular complexity index is 821. The third-order valence-electron chi connectivity index (χ3n) is 4.20. The predicted molar refractivity (Wildman–Crippen MR) is 109 cm³/mol. The molecule has 1 aromatic carbocycles. The highest BCUT2D eigenvalue weighted by atomic mass is 32.1. The Hall–Kier alpha value is -2.60. The average molecular weight is 368 g/mol. The number of benzene rings is 1. The number of aryl methyl sites for hydroxylation is 2. The number of guanidine groups is 1. The summed E-state index contributed by atoms with van der Waals surface area (Å²) >= 11 is 1.71. The van der Waals surface area contributed by atoms with Gasteiger partial charge in [-0.2, -0.15) is 16.4 Å². The number of aliphatic imine (C=N–C) groups is 1. The van der Waals surface area contributed by atoms with Crippen LogP contribution in [0.3, 0.4) is 0 Å². The first kappa shape index (κ1) is 18.2. The first-order valence-electron chi connectivity index (χ1n) is 8.82. The lowest BCUT2D eigenvalue weighted by Gasteiger charge is -2.11. The van der Waals surface area contributed by atoms with E-state index in [0.717, 1.165) is 43.3 Å². The van der Waals surface area contributed by atoms with Crippen molar-refractivity contribution in [1.82, 2.24) is 20.4 Å². The molecule has 2 aromatic heterocycles. The Morgan fingerprint density at radius 2 is 2.04 bits per heavy atom. The number of hydrogen-bond acceptors (Lipinski definition) is 3. The number of para-hydroxylation sites is 1. The molecule has 2 heterocycles. The summed E-state index contributed by atoms with van der Waals surface area (Å²) in [7, 11) is 1.80. The Morgan fingerprint density at radius 3 is 2.77 bits per heavy atom. The zero-order valence-electron chi connectivity index (χ0n) is 15.3. The molecule has 0 unspecified atom stereocenters. The molecule has 2 N–H and O–H groups in total. The smallest absolute Gasteiger partial charge is 0.191 e. The van der Waals surface area contributed by atoms with Crippen molar-refractivity contribution in [3.8, 4) is 5.69 Å². The summed E-state index contributed by atoms with van der Waals surface area (Å²) in [6.07, 6.45) is 4.15. The van der Waals surface area contributed by atoms with Crippen LogP contribution >= 0.6 is 11.3 Å². The van der Waals surface area contributed by atoms with Crippen molar-refractivity contribution in [3.63, 3.8) is 0 Å². The van der Waals surface area contributed by atoms with Crippen LogP contribution < -0.4 is 10.6 Å². The molecule has 0 spiro atoms. The van der Waals surface area contributed by atoms with Crippen molar-refractivity contribution in [2.45, 2.75) is 26.3 Å². The summed E-state index contributed by atoms with van der Waals surface area (Å²) < 4.78 is 1.96. The van der Waals surface area contributed by atoms with Crippen molar-refractivity contribution < 1.29 is 0 Å². The van der Waals surface area contributed by atoms with Gasteiger partial charge in [-0.05, 0) is 59.9 Å². The van der Waals surface area contributed by atoms with E-state index in [-0.39, 0.29) is 0 Å². The van der Waals surface area contributed by atoms with Crippen LogP contribution in [-0.4, -0.2) is 29.3 Å². The minimum atomic E-state index is 0.798. The second-order valence-electron chi connectivity index (χ2n) is 6.11. The summed E-state index contributed by atoms with van der Waals surface area (Å²) in [6.45, 7) is 3.74. The SMILES string of the molecule is CN=C(NCCCc1cn(-c2ccccc2)nc1C)NCc1ccsc1. The number of nitrogens with zero attached hydrogens (tertiary/aromatic N) is 3. The molecule has 0 aliphatic rings. The molecule has 0 fully saturated rings. The highest BCUT2D eigenvalue weighted by molar-refractivity contribution is 7.07. The lowest BCUT2D eigenvalue weighted by atomic mass is 10.1. The van der Waals surface area contributed by atoms with Crippen molar-refractivity contribution in [1.29, 1.82) is 0 Å². The van der Waals surface area contributed by atoms with Gasteiger partial charge in [0.05, 0.1) is 11.4 Å². The fourth-order valence-electron chi connectivity index (χ4n) is 2.74. The predicted octanol–water partition coefficient (Wildman–Crippen LogP) is 3.54. The molecule has 0 atom stereocenters. The van der Waals surface area contributed by atoms with Crippen LogP contribution in [0.1, 0.15) is 23.2 Å². The van der Waals surface area contributed by atoms with E-state index < -0.39 is 0 Å². The summed E-state index contributed by atoms with van der Waals surface area (Å²) in [5.41, 5.74) is 4.76. The largest absolute Gasteiger partial charge is 0.356 e. The van der Waals surface area contributed by atoms with Gasteiger partial charge in [-0.25, -0.2) is 4.68 Å². The van der Waals surface area contributed by atoms with Crippen LogP contribution in [0.2, 0.25) is 0 Å². The van der Waals surface area contributed by atoms with E-state index in [1.807, 2.05) is 22.9 Å². The van der Waals surface area contributed by atoms with Crippen molar-refractivity contribution in [3.05, 3.63) is 70.2 Å². The summed E-state index contributed by atoms with van der Waals surface area (Å²) in [4.78, 5) is 4.27. The van der Waals surface area contributed by atoms with Gasteiger partial charge in [0.2, 0.25) is 0 Å². The van der Waals surface area contributed by atoms with Gasteiger partial charge in [0.1, 0.15) is 0 Å². The van der Waals surface area contributed by atoms with Crippen molar-refractivity contribution in [2.75, 3.05) is 13.6 Å². The van der Waals surface area contributed by atoms with E-state index in [2.05, 4.69) is 62.8 Å². The van der Waals surface area contributed by atoms with E-state index in [4.69, 9.17) is 0 Å². The molecule has 0 amide bonds. The fourth-order valence-corrected chi connectivity index (χ4v) is 3.41. The lowest BCUT2D eigenvalue weighted by Crippen LogP contribution is -2.37. The van der Waals surface area contributed by atoms with Crippen LogP contribution in [0.5, 0.6) is 0 Å². The van der Waals surface area contributed by atoms with Crippen LogP contribution in [0.4, 0.5) is 0 Å². The molecule has 0 aliphatic heterocycles. The van der Waals surface area contributed by atoms with Crippen molar-refractivity contribution >= 4 is 17.3 Å². The van der Waals surface area contributed by atoms with E-state index >= 15 is 0 Å². The zero-order valence-corrected chi connectivity index (χ0v) is 16.1. The van der Waals surface area contributed by atoms with Crippen LogP contribution in [0.15, 0.2) is 58.3 Å². The second kappa shape index (κ2) is 9.20. The number of hydrogen-bond donors (Lipinski definition) is 2. The fraction of sp³-hybridized carbons (Fsp3) is 0.300. The zero-order chi connectivity index (χ0) is 18.2. The number of aromatic nitrogens is 2. The summed E-state index contributed by atoms with van der Waals surface area (Å²) in [6, 6.07) is 12.3. The standard InChI is InChI=1S/C20H25N5S/c1-16-18(14-25(24-16)19-8-4-3-5-9-19)7-6-11-22-20(21-2)23-13-17-10-12-26-15-17/h3-5,8-10,12,14-15H,6-7,11,13H2,1-2H3,(H2,21,22,23). The van der Waals surface area contributed by atoms with Gasteiger partial charge in [-0.15, -0.1) is 0 Å². The minimum absolute atomic E-state index is 0.798. The van der Waals surface area contributed by atoms with Gasteiger partial charge in [0, 0.05) is 26.3 Å². The van der Waals surface area contributed by atoms with Crippen LogP contribution in [0, 0.1) is 6.92 Å². The molecule has 0 aliphatic carbocycles. The maximum absolute atomic E-state index is 4.63. The molecule has 3 aromatic rings. The van der Waals surface area contributed by atoms with Gasteiger partial charge in [-0.1, -0.05) is 18.2 Å². The van der Waals surface area contributed by atoms with E-state index in [1.165, 1.54) is 11.1 Å². The van der Waals surface area contributed by atoms with Crippen LogP contribution in [-0.2, 0) is 13.0 Å². The minimum Gasteiger partial charge on any atom is -0.356 e. The Morgan fingerprint density at radius 1 is 1.19 bits per heavy atom. The molecule has 0 radical (unpaired) electrons. The number of rotatable bonds is 7. The molecular formula is C20H25N5S. The molecule has 0 bridgehead atoms. The average Bonchev–Trinajstić information content (AvgIpc) is 3.32. The van der Waals surface area contributed by atoms with Gasteiger partial charge in [0.25, 0.3) is 0 Å². The maximum Gasteiger partial charge on any atom is 0.191 e. The van der Waals surface area contributed by atoms with Gasteiger partial charge < -0.3 is 10.6 Å². The Balaban J connectivity index is 1.45. The molecule has 26 heavy (non-hydrogen) atoms. The van der Waals surface area contributed by atoms with Gasteiger partial charge >= 0.3 is 0 Å². The highest BCUT2D eigenvalue weighted by Gasteiger charge is 2.06. The van der Waals surface area contributed by atoms with E-state index in [1.54, 1.807) is 18.4 Å². The van der Waals surface area contributed by atoms with E-state index in [9.17, 15) is 0 Å². The monoisotopic (exact) mass is 367 g/mol. The first-order chi connectivity index (χ1) is 12.8. The topological polar surface area (TPSA) is 54.2 Å².